The van der Waals surface area contributed by atoms with Crippen molar-refractivity contribution in [1.29, 1.82) is 0 Å². The number of hydrogen-bond acceptors (Lipinski definition) is 7. The normalized spacial score (nSPS) is 16.4. The molecule has 1 heterocycles. The maximum atomic E-state index is 12.7. The van der Waals surface area contributed by atoms with Crippen LogP contribution in [0.15, 0.2) is 24.3 Å². The first-order valence-corrected chi connectivity index (χ1v) is 10.3. The van der Waals surface area contributed by atoms with Gasteiger partial charge in [0, 0.05) is 30.9 Å². The molecule has 1 aromatic rings. The number of rotatable bonds is 9. The van der Waals surface area contributed by atoms with Crippen LogP contribution >= 0.6 is 0 Å². The van der Waals surface area contributed by atoms with Gasteiger partial charge in [-0.05, 0) is 45.9 Å². The first-order valence-electron chi connectivity index (χ1n) is 10.3. The summed E-state index contributed by atoms with van der Waals surface area (Å²) in [5, 5.41) is 10.1. The largest absolute Gasteiger partial charge is 0.458 e. The number of hydrogen-bond donors (Lipinski definition) is 1. The quantitative estimate of drug-likeness (QED) is 0.458. The fraction of sp³-hybridized carbons (Fsp3) is 0.591. The molecule has 9 heteroatoms. The number of anilines is 1. The number of aliphatic hydroxyl groups is 1. The summed E-state index contributed by atoms with van der Waals surface area (Å²) in [5.41, 5.74) is 0.328. The average Bonchev–Trinajstić information content (AvgIpc) is 2.75. The summed E-state index contributed by atoms with van der Waals surface area (Å²) < 4.78 is 15.9. The number of amides is 2. The molecule has 31 heavy (non-hydrogen) atoms. The number of benzene rings is 1. The third-order valence-corrected chi connectivity index (χ3v) is 4.66. The number of carbonyl (C=O) groups is 3. The number of ether oxygens (including phenoxy) is 3. The molecule has 9 nitrogen and oxygen atoms in total. The minimum atomic E-state index is -1.43. The molecule has 1 fully saturated rings. The van der Waals surface area contributed by atoms with Gasteiger partial charge < -0.3 is 29.1 Å². The van der Waals surface area contributed by atoms with E-state index >= 15 is 0 Å². The lowest BCUT2D eigenvalue weighted by Gasteiger charge is -2.27. The molecule has 2 unspecified atom stereocenters. The summed E-state index contributed by atoms with van der Waals surface area (Å²) in [6.07, 6.45) is -1.59. The van der Waals surface area contributed by atoms with Crippen molar-refractivity contribution < 1.29 is 33.7 Å². The molecule has 0 bridgehead atoms. The Bertz CT molecular complexity index is 756. The van der Waals surface area contributed by atoms with Crippen molar-refractivity contribution in [2.45, 2.75) is 45.5 Å². The lowest BCUT2D eigenvalue weighted by molar-refractivity contribution is -0.172. The molecule has 1 aliphatic rings. The van der Waals surface area contributed by atoms with Gasteiger partial charge in [-0.2, -0.15) is 0 Å². The minimum Gasteiger partial charge on any atom is -0.458 e. The molecule has 0 spiro atoms. The highest BCUT2D eigenvalue weighted by Gasteiger charge is 2.28. The highest BCUT2D eigenvalue weighted by atomic mass is 16.6. The van der Waals surface area contributed by atoms with E-state index in [9.17, 15) is 19.5 Å². The summed E-state index contributed by atoms with van der Waals surface area (Å²) in [6.45, 7) is 9.05. The summed E-state index contributed by atoms with van der Waals surface area (Å²) in [6, 6.07) is 6.81. The summed E-state index contributed by atoms with van der Waals surface area (Å²) >= 11 is 0. The van der Waals surface area contributed by atoms with Crippen molar-refractivity contribution in [2.75, 3.05) is 44.4 Å². The van der Waals surface area contributed by atoms with Crippen LogP contribution in [0.3, 0.4) is 0 Å². The van der Waals surface area contributed by atoms with Crippen LogP contribution in [0.5, 0.6) is 0 Å². The fourth-order valence-electron chi connectivity index (χ4n) is 2.99. The van der Waals surface area contributed by atoms with Crippen LogP contribution in [-0.2, 0) is 23.8 Å². The second kappa shape index (κ2) is 11.2. The smallest absolute Gasteiger partial charge is 0.338 e. The molecule has 1 N–H and O–H groups in total. The predicted molar refractivity (Wildman–Crippen MR) is 114 cm³/mol. The molecule has 2 atom stereocenters. The number of morpholine rings is 1. The molecule has 0 aromatic heterocycles. The Labute approximate surface area is 182 Å². The van der Waals surface area contributed by atoms with E-state index in [1.807, 2.05) is 0 Å². The topological polar surface area (TPSA) is 106 Å². The molecule has 2 rings (SSSR count). The molecule has 172 valence electrons. The van der Waals surface area contributed by atoms with Crippen LogP contribution in [0.1, 0.15) is 38.1 Å². The average molecular weight is 437 g/mol. The molecular weight excluding hydrogens is 404 g/mol. The zero-order chi connectivity index (χ0) is 23.0. The SMILES string of the molecule is CC(OCCN(C=O)c1cccc(C(=O)N2CCOCC2)c1)C(O)C(=O)OC(C)(C)C. The maximum Gasteiger partial charge on any atom is 0.338 e. The summed E-state index contributed by atoms with van der Waals surface area (Å²) in [4.78, 5) is 39.3. The molecule has 1 aromatic carbocycles. The van der Waals surface area contributed by atoms with E-state index in [1.54, 1.807) is 56.9 Å². The first-order chi connectivity index (χ1) is 14.6. The highest BCUT2D eigenvalue weighted by Crippen LogP contribution is 2.17. The zero-order valence-corrected chi connectivity index (χ0v) is 18.6. The molecule has 1 aliphatic heterocycles. The van der Waals surface area contributed by atoms with Crippen LogP contribution in [0.2, 0.25) is 0 Å². The molecular formula is C22H32N2O7. The fourth-order valence-corrected chi connectivity index (χ4v) is 2.99. The van der Waals surface area contributed by atoms with Crippen LogP contribution < -0.4 is 4.90 Å². The summed E-state index contributed by atoms with van der Waals surface area (Å²) in [7, 11) is 0. The van der Waals surface area contributed by atoms with Gasteiger partial charge in [0.1, 0.15) is 5.60 Å². The van der Waals surface area contributed by atoms with Gasteiger partial charge in [-0.1, -0.05) is 6.07 Å². The number of aliphatic hydroxyl groups excluding tert-OH is 1. The Morgan fingerprint density at radius 3 is 2.58 bits per heavy atom. The summed E-state index contributed by atoms with van der Waals surface area (Å²) in [5.74, 6) is -0.872. The van der Waals surface area contributed by atoms with Crippen molar-refractivity contribution in [3.8, 4) is 0 Å². The van der Waals surface area contributed by atoms with E-state index in [0.29, 0.717) is 44.0 Å². The number of esters is 1. The predicted octanol–water partition coefficient (Wildman–Crippen LogP) is 1.23. The van der Waals surface area contributed by atoms with Gasteiger partial charge in [0.2, 0.25) is 6.41 Å². The molecule has 0 radical (unpaired) electrons. The first kappa shape index (κ1) is 24.8. The van der Waals surface area contributed by atoms with Gasteiger partial charge in [-0.15, -0.1) is 0 Å². The third-order valence-electron chi connectivity index (χ3n) is 4.66. The van der Waals surface area contributed by atoms with Crippen molar-refractivity contribution in [1.82, 2.24) is 4.90 Å². The highest BCUT2D eigenvalue weighted by molar-refractivity contribution is 5.95. The van der Waals surface area contributed by atoms with Crippen LogP contribution in [0.4, 0.5) is 5.69 Å². The van der Waals surface area contributed by atoms with Crippen molar-refractivity contribution in [3.05, 3.63) is 29.8 Å². The van der Waals surface area contributed by atoms with Crippen LogP contribution in [0, 0.1) is 0 Å². The molecule has 1 saturated heterocycles. The second-order valence-corrected chi connectivity index (χ2v) is 8.31. The Morgan fingerprint density at radius 1 is 1.29 bits per heavy atom. The van der Waals surface area contributed by atoms with Crippen LogP contribution in [-0.4, -0.2) is 85.6 Å². The van der Waals surface area contributed by atoms with E-state index in [4.69, 9.17) is 14.2 Å². The van der Waals surface area contributed by atoms with Gasteiger partial charge in [0.25, 0.3) is 5.91 Å². The molecule has 0 aliphatic carbocycles. The lowest BCUT2D eigenvalue weighted by atomic mass is 10.1. The standard InChI is InChI=1S/C22H32N2O7/c1-16(19(26)21(28)31-22(2,3)4)30-13-10-24(15-25)18-7-5-6-17(14-18)20(27)23-8-11-29-12-9-23/h5-7,14-16,19,26H,8-13H2,1-4H3. The Balaban J connectivity index is 1.92. The van der Waals surface area contributed by atoms with Gasteiger partial charge in [0.05, 0.1) is 25.9 Å². The number of carbonyl (C=O) groups excluding carboxylic acids is 3. The Hall–Kier alpha value is -2.49. The van der Waals surface area contributed by atoms with Crippen molar-refractivity contribution in [2.24, 2.45) is 0 Å². The van der Waals surface area contributed by atoms with Gasteiger partial charge in [-0.25, -0.2) is 4.79 Å². The monoisotopic (exact) mass is 436 g/mol. The van der Waals surface area contributed by atoms with E-state index in [1.165, 1.54) is 4.90 Å². The molecule has 0 saturated carbocycles. The minimum absolute atomic E-state index is 0.0847. The second-order valence-electron chi connectivity index (χ2n) is 8.31. The van der Waals surface area contributed by atoms with Gasteiger partial charge in [0.15, 0.2) is 6.10 Å². The van der Waals surface area contributed by atoms with Gasteiger partial charge >= 0.3 is 5.97 Å². The van der Waals surface area contributed by atoms with E-state index < -0.39 is 23.8 Å². The van der Waals surface area contributed by atoms with E-state index in [2.05, 4.69) is 0 Å². The van der Waals surface area contributed by atoms with Crippen molar-refractivity contribution in [3.63, 3.8) is 0 Å². The number of nitrogens with zero attached hydrogens (tertiary/aromatic N) is 2. The molecule has 2 amide bonds. The van der Waals surface area contributed by atoms with E-state index in [0.717, 1.165) is 0 Å². The Kier molecular flexibility index (Phi) is 8.97. The zero-order valence-electron chi connectivity index (χ0n) is 18.6. The van der Waals surface area contributed by atoms with E-state index in [-0.39, 0.29) is 19.1 Å². The lowest BCUT2D eigenvalue weighted by Crippen LogP contribution is -2.40. The van der Waals surface area contributed by atoms with Crippen molar-refractivity contribution >= 4 is 24.0 Å². The van der Waals surface area contributed by atoms with Gasteiger partial charge in [-0.3, -0.25) is 9.59 Å². The third kappa shape index (κ3) is 7.61. The van der Waals surface area contributed by atoms with Crippen LogP contribution in [0.25, 0.3) is 0 Å². The maximum absolute atomic E-state index is 12.7. The Morgan fingerprint density at radius 2 is 1.97 bits per heavy atom.